The molecule has 0 unspecified atom stereocenters. The maximum absolute atomic E-state index is 9.78. The Morgan fingerprint density at radius 3 is 2.89 bits per heavy atom. The lowest BCUT2D eigenvalue weighted by Crippen LogP contribution is -2.47. The SMILES string of the molecule is COc1cc(C)cc2c1[C@@H]1C[C@@](C)(C[C@@H](O)O1)O2. The number of benzene rings is 1. The summed E-state index contributed by atoms with van der Waals surface area (Å²) in [7, 11) is 1.64. The Morgan fingerprint density at radius 1 is 1.39 bits per heavy atom. The fourth-order valence-corrected chi connectivity index (χ4v) is 2.95. The number of aliphatic hydroxyl groups is 1. The number of aryl methyl sites for hydroxylation is 1. The van der Waals surface area contributed by atoms with Gasteiger partial charge in [0.05, 0.1) is 18.8 Å². The maximum atomic E-state index is 9.78. The number of rotatable bonds is 1. The number of hydrogen-bond donors (Lipinski definition) is 1. The van der Waals surface area contributed by atoms with Crippen molar-refractivity contribution in [1.29, 1.82) is 0 Å². The van der Waals surface area contributed by atoms with Crippen molar-refractivity contribution in [3.63, 3.8) is 0 Å². The Morgan fingerprint density at radius 2 is 2.17 bits per heavy atom. The molecule has 98 valence electrons. The Kier molecular flexibility index (Phi) is 2.54. The Balaban J connectivity index is 2.13. The van der Waals surface area contributed by atoms with Crippen LogP contribution in [0.15, 0.2) is 12.1 Å². The third-order valence-electron chi connectivity index (χ3n) is 3.69. The standard InChI is InChI=1S/C14H18O4/c1-8-4-9(16-3)13-10(5-8)18-14(2)6-11(13)17-12(15)7-14/h4-5,11-12,15H,6-7H2,1-3H3/t11-,12-,14-/m0/s1. The van der Waals surface area contributed by atoms with Crippen molar-refractivity contribution in [3.05, 3.63) is 23.3 Å². The van der Waals surface area contributed by atoms with Crippen molar-refractivity contribution in [1.82, 2.24) is 0 Å². The van der Waals surface area contributed by atoms with Gasteiger partial charge >= 0.3 is 0 Å². The Labute approximate surface area is 106 Å². The molecule has 2 bridgehead atoms. The summed E-state index contributed by atoms with van der Waals surface area (Å²) in [6.45, 7) is 4.03. The van der Waals surface area contributed by atoms with Gasteiger partial charge in [0.1, 0.15) is 17.1 Å². The van der Waals surface area contributed by atoms with Crippen molar-refractivity contribution in [2.75, 3.05) is 7.11 Å². The van der Waals surface area contributed by atoms with E-state index in [4.69, 9.17) is 14.2 Å². The lowest BCUT2D eigenvalue weighted by Gasteiger charge is -2.45. The fourth-order valence-electron chi connectivity index (χ4n) is 2.95. The van der Waals surface area contributed by atoms with E-state index in [1.54, 1.807) is 7.11 Å². The number of hydrogen-bond acceptors (Lipinski definition) is 4. The first kappa shape index (κ1) is 11.8. The molecule has 2 aliphatic rings. The smallest absolute Gasteiger partial charge is 0.159 e. The molecule has 1 aromatic carbocycles. The lowest BCUT2D eigenvalue weighted by atomic mass is 9.84. The van der Waals surface area contributed by atoms with Crippen molar-refractivity contribution in [2.45, 2.75) is 44.7 Å². The summed E-state index contributed by atoms with van der Waals surface area (Å²) in [5.41, 5.74) is 1.66. The molecule has 1 fully saturated rings. The molecular weight excluding hydrogens is 232 g/mol. The van der Waals surface area contributed by atoms with E-state index >= 15 is 0 Å². The van der Waals surface area contributed by atoms with Crippen LogP contribution >= 0.6 is 0 Å². The minimum Gasteiger partial charge on any atom is -0.496 e. The van der Waals surface area contributed by atoms with E-state index in [0.717, 1.165) is 29.0 Å². The second kappa shape index (κ2) is 3.87. The molecular formula is C14H18O4. The summed E-state index contributed by atoms with van der Waals surface area (Å²) < 4.78 is 17.1. The van der Waals surface area contributed by atoms with Gasteiger partial charge < -0.3 is 19.3 Å². The van der Waals surface area contributed by atoms with Gasteiger partial charge in [-0.25, -0.2) is 0 Å². The number of fused-ring (bicyclic) bond motifs is 4. The zero-order valence-corrected chi connectivity index (χ0v) is 10.9. The van der Waals surface area contributed by atoms with Crippen molar-refractivity contribution in [3.8, 4) is 11.5 Å². The monoisotopic (exact) mass is 250 g/mol. The predicted octanol–water partition coefficient (Wildman–Crippen LogP) is 2.32. The average molecular weight is 250 g/mol. The largest absolute Gasteiger partial charge is 0.496 e. The molecule has 0 aromatic heterocycles. The molecule has 3 rings (SSSR count). The molecule has 18 heavy (non-hydrogen) atoms. The summed E-state index contributed by atoms with van der Waals surface area (Å²) in [5, 5.41) is 9.78. The second-order valence-electron chi connectivity index (χ2n) is 5.42. The zero-order chi connectivity index (χ0) is 12.9. The van der Waals surface area contributed by atoms with Gasteiger partial charge in [0.25, 0.3) is 0 Å². The van der Waals surface area contributed by atoms with Crippen LogP contribution in [0, 0.1) is 6.92 Å². The number of methoxy groups -OCH3 is 1. The van der Waals surface area contributed by atoms with Gasteiger partial charge in [-0.1, -0.05) is 0 Å². The predicted molar refractivity (Wildman–Crippen MR) is 65.8 cm³/mol. The summed E-state index contributed by atoms with van der Waals surface area (Å²) >= 11 is 0. The van der Waals surface area contributed by atoms with Crippen LogP contribution in [0.5, 0.6) is 11.5 Å². The molecule has 0 amide bonds. The molecule has 1 aromatic rings. The highest BCUT2D eigenvalue weighted by molar-refractivity contribution is 5.51. The Bertz CT molecular complexity index is 485. The fraction of sp³-hybridized carbons (Fsp3) is 0.571. The summed E-state index contributed by atoms with van der Waals surface area (Å²) in [6.07, 6.45) is 0.321. The maximum Gasteiger partial charge on any atom is 0.159 e. The first-order valence-corrected chi connectivity index (χ1v) is 6.22. The highest BCUT2D eigenvalue weighted by atomic mass is 16.6. The van der Waals surface area contributed by atoms with Crippen molar-refractivity contribution >= 4 is 0 Å². The highest BCUT2D eigenvalue weighted by Crippen LogP contribution is 2.50. The first-order valence-electron chi connectivity index (χ1n) is 6.22. The van der Waals surface area contributed by atoms with Gasteiger partial charge in [-0.3, -0.25) is 0 Å². The van der Waals surface area contributed by atoms with E-state index in [1.807, 2.05) is 26.0 Å². The average Bonchev–Trinajstić information content (AvgIpc) is 2.24. The van der Waals surface area contributed by atoms with Crippen LogP contribution in [-0.2, 0) is 4.74 Å². The third kappa shape index (κ3) is 1.76. The highest BCUT2D eigenvalue weighted by Gasteiger charge is 2.46. The molecule has 4 heteroatoms. The molecule has 2 aliphatic heterocycles. The van der Waals surface area contributed by atoms with Crippen molar-refractivity contribution < 1.29 is 19.3 Å². The normalized spacial score (nSPS) is 33.6. The van der Waals surface area contributed by atoms with Gasteiger partial charge in [0.2, 0.25) is 0 Å². The van der Waals surface area contributed by atoms with E-state index in [1.165, 1.54) is 0 Å². The van der Waals surface area contributed by atoms with Crippen LogP contribution in [0.4, 0.5) is 0 Å². The molecule has 2 heterocycles. The third-order valence-corrected chi connectivity index (χ3v) is 3.69. The molecule has 4 nitrogen and oxygen atoms in total. The van der Waals surface area contributed by atoms with Crippen LogP contribution in [0.25, 0.3) is 0 Å². The number of ether oxygens (including phenoxy) is 3. The van der Waals surface area contributed by atoms with Gasteiger partial charge in [0, 0.05) is 12.8 Å². The number of aliphatic hydroxyl groups excluding tert-OH is 1. The molecule has 0 saturated carbocycles. The van der Waals surface area contributed by atoms with Gasteiger partial charge in [-0.15, -0.1) is 0 Å². The van der Waals surface area contributed by atoms with Gasteiger partial charge in [0.15, 0.2) is 6.29 Å². The minimum absolute atomic E-state index is 0.155. The molecule has 1 N–H and O–H groups in total. The minimum atomic E-state index is -0.770. The summed E-state index contributed by atoms with van der Waals surface area (Å²) in [4.78, 5) is 0. The lowest BCUT2D eigenvalue weighted by molar-refractivity contribution is -0.220. The van der Waals surface area contributed by atoms with E-state index in [-0.39, 0.29) is 11.7 Å². The summed E-state index contributed by atoms with van der Waals surface area (Å²) in [5.74, 6) is 1.59. The van der Waals surface area contributed by atoms with Crippen molar-refractivity contribution in [2.24, 2.45) is 0 Å². The van der Waals surface area contributed by atoms with E-state index in [2.05, 4.69) is 0 Å². The van der Waals surface area contributed by atoms with Gasteiger partial charge in [-0.05, 0) is 31.5 Å². The molecule has 0 aliphatic carbocycles. The van der Waals surface area contributed by atoms with Crippen LogP contribution in [0.1, 0.15) is 37.0 Å². The molecule has 3 atom stereocenters. The van der Waals surface area contributed by atoms with Gasteiger partial charge in [-0.2, -0.15) is 0 Å². The topological polar surface area (TPSA) is 47.9 Å². The quantitative estimate of drug-likeness (QED) is 0.831. The van der Waals surface area contributed by atoms with E-state index < -0.39 is 6.29 Å². The van der Waals surface area contributed by atoms with Crippen LogP contribution in [-0.4, -0.2) is 24.1 Å². The molecule has 1 saturated heterocycles. The van der Waals surface area contributed by atoms with Crippen LogP contribution in [0.3, 0.4) is 0 Å². The van der Waals surface area contributed by atoms with E-state index in [9.17, 15) is 5.11 Å². The zero-order valence-electron chi connectivity index (χ0n) is 10.9. The molecule has 0 spiro atoms. The van der Waals surface area contributed by atoms with Crippen LogP contribution < -0.4 is 9.47 Å². The first-order chi connectivity index (χ1) is 8.50. The summed E-state index contributed by atoms with van der Waals surface area (Å²) in [6, 6.07) is 3.97. The van der Waals surface area contributed by atoms with E-state index in [0.29, 0.717) is 6.42 Å². The second-order valence-corrected chi connectivity index (χ2v) is 5.42. The Hall–Kier alpha value is -1.26. The van der Waals surface area contributed by atoms with Crippen LogP contribution in [0.2, 0.25) is 0 Å². The molecule has 0 radical (unpaired) electrons.